The summed E-state index contributed by atoms with van der Waals surface area (Å²) in [5.74, 6) is -0.121. The molecule has 0 fully saturated rings. The van der Waals surface area contributed by atoms with Gasteiger partial charge in [0.05, 0.1) is 12.7 Å². The molecule has 0 saturated heterocycles. The van der Waals surface area contributed by atoms with Gasteiger partial charge in [-0.05, 0) is 61.7 Å². The van der Waals surface area contributed by atoms with E-state index in [1.807, 2.05) is 32.9 Å². The number of rotatable bonds is 5. The minimum Gasteiger partial charge on any atom is -0.484 e. The van der Waals surface area contributed by atoms with E-state index in [2.05, 4.69) is 21.2 Å². The molecule has 0 radical (unpaired) electrons. The predicted molar refractivity (Wildman–Crippen MR) is 100 cm³/mol. The number of hydrogen-bond donors (Lipinski definition) is 1. The van der Waals surface area contributed by atoms with Gasteiger partial charge in [-0.15, -0.1) is 0 Å². The Labute approximate surface area is 155 Å². The van der Waals surface area contributed by atoms with Crippen LogP contribution < -0.4 is 10.1 Å². The lowest BCUT2D eigenvalue weighted by atomic mass is 10.1. The molecule has 0 saturated carbocycles. The smallest absolute Gasteiger partial charge is 0.337 e. The van der Waals surface area contributed by atoms with Crippen LogP contribution in [0.3, 0.4) is 0 Å². The summed E-state index contributed by atoms with van der Waals surface area (Å²) in [6.07, 6.45) is 0. The van der Waals surface area contributed by atoms with E-state index in [0.29, 0.717) is 17.0 Å². The van der Waals surface area contributed by atoms with Gasteiger partial charge in [0.25, 0.3) is 5.91 Å². The molecule has 1 amide bonds. The first-order chi connectivity index (χ1) is 11.8. The van der Waals surface area contributed by atoms with Crippen molar-refractivity contribution in [2.24, 2.45) is 0 Å². The fraction of sp³-hybridized carbons (Fsp3) is 0.263. The molecule has 2 rings (SSSR count). The van der Waals surface area contributed by atoms with Gasteiger partial charge in [-0.2, -0.15) is 0 Å². The van der Waals surface area contributed by atoms with Crippen LogP contribution in [0.25, 0.3) is 0 Å². The van der Waals surface area contributed by atoms with Gasteiger partial charge in [0.2, 0.25) is 0 Å². The summed E-state index contributed by atoms with van der Waals surface area (Å²) in [4.78, 5) is 23.8. The van der Waals surface area contributed by atoms with Crippen LogP contribution in [0.4, 0.5) is 5.69 Å². The lowest BCUT2D eigenvalue weighted by Gasteiger charge is -2.12. The number of esters is 1. The monoisotopic (exact) mass is 405 g/mol. The minimum atomic E-state index is -0.451. The first-order valence-corrected chi connectivity index (χ1v) is 8.49. The van der Waals surface area contributed by atoms with Crippen molar-refractivity contribution >= 4 is 33.5 Å². The summed E-state index contributed by atoms with van der Waals surface area (Å²) in [6.45, 7) is 5.65. The molecule has 0 aliphatic heterocycles. The number of anilines is 1. The van der Waals surface area contributed by atoms with Gasteiger partial charge in [0.1, 0.15) is 5.75 Å². The minimum absolute atomic E-state index is 0.123. The Balaban J connectivity index is 2.04. The van der Waals surface area contributed by atoms with Gasteiger partial charge >= 0.3 is 5.97 Å². The molecule has 0 aliphatic carbocycles. The molecule has 0 aromatic heterocycles. The molecule has 0 heterocycles. The molecule has 0 spiro atoms. The van der Waals surface area contributed by atoms with Crippen molar-refractivity contribution < 1.29 is 19.1 Å². The number of carbonyl (C=O) groups is 2. The fourth-order valence-corrected chi connectivity index (χ4v) is 2.56. The summed E-state index contributed by atoms with van der Waals surface area (Å²) in [5.41, 5.74) is 3.86. The largest absolute Gasteiger partial charge is 0.484 e. The van der Waals surface area contributed by atoms with E-state index in [0.717, 1.165) is 21.2 Å². The zero-order valence-electron chi connectivity index (χ0n) is 14.6. The summed E-state index contributed by atoms with van der Waals surface area (Å²) < 4.78 is 11.3. The van der Waals surface area contributed by atoms with Crippen molar-refractivity contribution in [3.63, 3.8) is 0 Å². The summed E-state index contributed by atoms with van der Waals surface area (Å²) in [6, 6.07) is 8.73. The number of hydrogen-bond acceptors (Lipinski definition) is 4. The fourth-order valence-electron chi connectivity index (χ4n) is 2.33. The first-order valence-electron chi connectivity index (χ1n) is 7.70. The van der Waals surface area contributed by atoms with Crippen molar-refractivity contribution in [3.8, 4) is 5.75 Å². The van der Waals surface area contributed by atoms with E-state index in [-0.39, 0.29) is 12.5 Å². The van der Waals surface area contributed by atoms with Crippen LogP contribution in [0.15, 0.2) is 34.8 Å². The van der Waals surface area contributed by atoms with E-state index in [1.54, 1.807) is 18.2 Å². The van der Waals surface area contributed by atoms with Crippen molar-refractivity contribution in [3.05, 3.63) is 57.1 Å². The van der Waals surface area contributed by atoms with Gasteiger partial charge in [-0.1, -0.05) is 22.0 Å². The van der Waals surface area contributed by atoms with Crippen LogP contribution >= 0.6 is 15.9 Å². The number of aryl methyl sites for hydroxylation is 3. The van der Waals surface area contributed by atoms with Gasteiger partial charge in [0.15, 0.2) is 6.61 Å². The topological polar surface area (TPSA) is 64.6 Å². The van der Waals surface area contributed by atoms with Crippen LogP contribution in [-0.4, -0.2) is 25.6 Å². The van der Waals surface area contributed by atoms with E-state index in [9.17, 15) is 9.59 Å². The quantitative estimate of drug-likeness (QED) is 0.757. The summed E-state index contributed by atoms with van der Waals surface area (Å²) in [7, 11) is 1.32. The third kappa shape index (κ3) is 4.82. The van der Waals surface area contributed by atoms with Crippen LogP contribution in [0.2, 0.25) is 0 Å². The summed E-state index contributed by atoms with van der Waals surface area (Å²) in [5, 5.41) is 2.76. The number of nitrogens with one attached hydrogen (secondary N) is 1. The Morgan fingerprint density at radius 2 is 1.68 bits per heavy atom. The van der Waals surface area contributed by atoms with Crippen molar-refractivity contribution in [1.82, 2.24) is 0 Å². The van der Waals surface area contributed by atoms with Gasteiger partial charge in [-0.25, -0.2) is 4.79 Å². The van der Waals surface area contributed by atoms with Gasteiger partial charge in [-0.3, -0.25) is 4.79 Å². The van der Waals surface area contributed by atoms with Crippen LogP contribution in [0.5, 0.6) is 5.75 Å². The molecule has 25 heavy (non-hydrogen) atoms. The Morgan fingerprint density at radius 1 is 1.04 bits per heavy atom. The van der Waals surface area contributed by atoms with E-state index in [1.165, 1.54) is 7.11 Å². The van der Waals surface area contributed by atoms with E-state index in [4.69, 9.17) is 9.47 Å². The molecule has 0 bridgehead atoms. The molecular formula is C19H20BrNO4. The van der Waals surface area contributed by atoms with Crippen molar-refractivity contribution in [1.29, 1.82) is 0 Å². The van der Waals surface area contributed by atoms with Gasteiger partial charge in [0, 0.05) is 10.2 Å². The predicted octanol–water partition coefficient (Wildman–Crippen LogP) is 4.18. The van der Waals surface area contributed by atoms with Crippen molar-refractivity contribution in [2.45, 2.75) is 20.8 Å². The molecular weight excluding hydrogens is 386 g/mol. The Hall–Kier alpha value is -2.34. The van der Waals surface area contributed by atoms with E-state index < -0.39 is 5.97 Å². The van der Waals surface area contributed by atoms with E-state index >= 15 is 0 Å². The van der Waals surface area contributed by atoms with Crippen molar-refractivity contribution in [2.75, 3.05) is 19.0 Å². The standard InChI is InChI=1S/C19H20BrNO4/c1-11-5-6-14(19(23)24-4)9-16(11)21-17(22)10-25-15-7-12(2)18(20)13(3)8-15/h5-9H,10H2,1-4H3,(H,21,22). The third-order valence-electron chi connectivity index (χ3n) is 3.71. The lowest BCUT2D eigenvalue weighted by Crippen LogP contribution is -2.21. The second kappa shape index (κ2) is 8.16. The average Bonchev–Trinajstić information content (AvgIpc) is 2.58. The molecule has 5 nitrogen and oxygen atoms in total. The number of carbonyl (C=O) groups excluding carboxylic acids is 2. The molecule has 0 aliphatic rings. The molecule has 0 atom stereocenters. The molecule has 2 aromatic rings. The first kappa shape index (κ1) is 19.0. The zero-order valence-corrected chi connectivity index (χ0v) is 16.2. The Morgan fingerprint density at radius 3 is 2.28 bits per heavy atom. The number of methoxy groups -OCH3 is 1. The average molecular weight is 406 g/mol. The number of amides is 1. The molecule has 6 heteroatoms. The zero-order chi connectivity index (χ0) is 18.6. The number of benzene rings is 2. The normalized spacial score (nSPS) is 10.3. The van der Waals surface area contributed by atoms with Crippen LogP contribution in [-0.2, 0) is 9.53 Å². The maximum Gasteiger partial charge on any atom is 0.337 e. The Bertz CT molecular complexity index is 794. The maximum atomic E-state index is 12.2. The highest BCUT2D eigenvalue weighted by atomic mass is 79.9. The molecule has 0 unspecified atom stereocenters. The summed E-state index contributed by atoms with van der Waals surface area (Å²) >= 11 is 3.50. The molecule has 1 N–H and O–H groups in total. The Kier molecular flexibility index (Phi) is 6.20. The number of halogens is 1. The highest BCUT2D eigenvalue weighted by Gasteiger charge is 2.11. The molecule has 2 aromatic carbocycles. The second-order valence-electron chi connectivity index (χ2n) is 5.73. The third-order valence-corrected chi connectivity index (χ3v) is 4.96. The SMILES string of the molecule is COC(=O)c1ccc(C)c(NC(=O)COc2cc(C)c(Br)c(C)c2)c1. The molecule has 132 valence electrons. The van der Waals surface area contributed by atoms with Gasteiger partial charge < -0.3 is 14.8 Å². The lowest BCUT2D eigenvalue weighted by molar-refractivity contribution is -0.118. The number of ether oxygens (including phenoxy) is 2. The maximum absolute atomic E-state index is 12.2. The second-order valence-corrected chi connectivity index (χ2v) is 6.52. The van der Waals surface area contributed by atoms with Crippen LogP contribution in [0.1, 0.15) is 27.0 Å². The highest BCUT2D eigenvalue weighted by Crippen LogP contribution is 2.26. The van der Waals surface area contributed by atoms with Crippen LogP contribution in [0, 0.1) is 20.8 Å². The highest BCUT2D eigenvalue weighted by molar-refractivity contribution is 9.10.